The number of nitrogens with zero attached hydrogens (tertiary/aromatic N) is 3. The molecule has 5 aromatic rings. The van der Waals surface area contributed by atoms with Gasteiger partial charge in [-0.05, 0) is 47.7 Å². The summed E-state index contributed by atoms with van der Waals surface area (Å²) in [6.45, 7) is 1.98. The number of halogens is 2. The second-order valence-electron chi connectivity index (χ2n) is 9.20. The molecule has 4 N–H and O–H groups in total. The number of aromatic nitrogens is 3. The highest BCUT2D eigenvalue weighted by Gasteiger charge is 2.22. The van der Waals surface area contributed by atoms with Crippen LogP contribution in [-0.2, 0) is 11.2 Å². The molecule has 218 valence electrons. The van der Waals surface area contributed by atoms with Crippen LogP contribution in [0.4, 0.5) is 16.2 Å². The summed E-state index contributed by atoms with van der Waals surface area (Å²) in [5.74, 6) is -1.72. The van der Waals surface area contributed by atoms with Crippen molar-refractivity contribution >= 4 is 85.9 Å². The standard InChI is InChI=1S/C29H22Cl2N6O4S2/c1-15-14-42-27-25(15)33-13-23(37-27)43-22-5-3-2-4-20(22)35-29(41)36-21(28(39)40)10-16-6-8-17(9-7-16)34-26(38)24-18(30)11-32-12-19(24)31/h2-9,11-14,21H,10H2,1H3,(H,34,38)(H,39,40)(H2,35,36,41). The highest BCUT2D eigenvalue weighted by Crippen LogP contribution is 2.34. The van der Waals surface area contributed by atoms with Gasteiger partial charge in [0.1, 0.15) is 21.4 Å². The number of carbonyl (C=O) groups is 3. The largest absolute Gasteiger partial charge is 0.480 e. The Morgan fingerprint density at radius 1 is 1.00 bits per heavy atom. The van der Waals surface area contributed by atoms with E-state index < -0.39 is 23.9 Å². The molecule has 14 heteroatoms. The summed E-state index contributed by atoms with van der Waals surface area (Å²) in [4.78, 5) is 52.0. The zero-order valence-corrected chi connectivity index (χ0v) is 25.4. The number of carboxylic acid groups (broad SMARTS) is 1. The van der Waals surface area contributed by atoms with Crippen LogP contribution in [0.15, 0.2) is 82.4 Å². The normalized spacial score (nSPS) is 11.6. The first-order valence-corrected chi connectivity index (χ1v) is 15.1. The van der Waals surface area contributed by atoms with Gasteiger partial charge in [-0.2, -0.15) is 0 Å². The number of aryl methyl sites for hydroxylation is 1. The molecular formula is C29H22Cl2N6O4S2. The van der Waals surface area contributed by atoms with E-state index in [1.165, 1.54) is 35.5 Å². The lowest BCUT2D eigenvalue weighted by atomic mass is 10.1. The van der Waals surface area contributed by atoms with Gasteiger partial charge in [-0.25, -0.2) is 14.6 Å². The molecule has 2 aromatic carbocycles. The zero-order valence-electron chi connectivity index (χ0n) is 22.3. The van der Waals surface area contributed by atoms with Gasteiger partial charge in [0.05, 0.1) is 27.5 Å². The number of hydrogen-bond donors (Lipinski definition) is 4. The van der Waals surface area contributed by atoms with Gasteiger partial charge >= 0.3 is 12.0 Å². The molecule has 0 spiro atoms. The van der Waals surface area contributed by atoms with E-state index >= 15 is 0 Å². The summed E-state index contributed by atoms with van der Waals surface area (Å²) in [7, 11) is 0. The minimum Gasteiger partial charge on any atom is -0.480 e. The van der Waals surface area contributed by atoms with E-state index in [4.69, 9.17) is 23.2 Å². The Morgan fingerprint density at radius 2 is 1.72 bits per heavy atom. The second-order valence-corrected chi connectivity index (χ2v) is 11.9. The molecule has 0 fully saturated rings. The zero-order chi connectivity index (χ0) is 30.5. The van der Waals surface area contributed by atoms with Crippen molar-refractivity contribution in [1.29, 1.82) is 0 Å². The maximum Gasteiger partial charge on any atom is 0.326 e. The van der Waals surface area contributed by atoms with Crippen molar-refractivity contribution in [3.05, 3.63) is 99.2 Å². The number of hydrogen-bond acceptors (Lipinski definition) is 8. The van der Waals surface area contributed by atoms with E-state index in [0.717, 1.165) is 20.8 Å². The molecule has 0 aliphatic heterocycles. The van der Waals surface area contributed by atoms with E-state index in [1.807, 2.05) is 24.4 Å². The molecule has 1 atom stereocenters. The predicted octanol–water partition coefficient (Wildman–Crippen LogP) is 6.92. The number of para-hydroxylation sites is 1. The molecule has 3 amide bonds. The number of benzene rings is 2. The number of fused-ring (bicyclic) bond motifs is 1. The monoisotopic (exact) mass is 652 g/mol. The number of nitrogens with one attached hydrogen (secondary N) is 3. The van der Waals surface area contributed by atoms with Crippen LogP contribution in [-0.4, -0.2) is 44.0 Å². The molecular weight excluding hydrogens is 631 g/mol. The molecule has 3 heterocycles. The van der Waals surface area contributed by atoms with Gasteiger partial charge in [-0.15, -0.1) is 11.3 Å². The molecule has 10 nitrogen and oxygen atoms in total. The summed E-state index contributed by atoms with van der Waals surface area (Å²) >= 11 is 15.0. The van der Waals surface area contributed by atoms with Crippen LogP contribution in [0.1, 0.15) is 21.5 Å². The van der Waals surface area contributed by atoms with Crippen LogP contribution in [0.2, 0.25) is 10.0 Å². The highest BCUT2D eigenvalue weighted by molar-refractivity contribution is 7.99. The fourth-order valence-corrected chi connectivity index (χ4v) is 6.34. The Labute approximate surface area is 263 Å². The van der Waals surface area contributed by atoms with E-state index in [9.17, 15) is 19.5 Å². The van der Waals surface area contributed by atoms with Crippen molar-refractivity contribution in [2.75, 3.05) is 10.6 Å². The first kappa shape index (κ1) is 30.2. The van der Waals surface area contributed by atoms with Gasteiger partial charge in [0, 0.05) is 29.4 Å². The molecule has 0 aliphatic carbocycles. The summed E-state index contributed by atoms with van der Waals surface area (Å²) in [5.41, 5.74) is 3.58. The second kappa shape index (κ2) is 13.4. The maximum absolute atomic E-state index is 12.9. The molecule has 1 unspecified atom stereocenters. The van der Waals surface area contributed by atoms with Gasteiger partial charge < -0.3 is 21.1 Å². The summed E-state index contributed by atoms with van der Waals surface area (Å²) in [5, 5.41) is 20.6. The van der Waals surface area contributed by atoms with Crippen molar-refractivity contribution < 1.29 is 19.5 Å². The summed E-state index contributed by atoms with van der Waals surface area (Å²) in [6.07, 6.45) is 4.33. The molecule has 5 rings (SSSR count). The summed E-state index contributed by atoms with van der Waals surface area (Å²) < 4.78 is 0. The van der Waals surface area contributed by atoms with Gasteiger partial charge in [-0.3, -0.25) is 14.8 Å². The fourth-order valence-electron chi connectivity index (χ4n) is 4.03. The third-order valence-corrected chi connectivity index (χ3v) is 8.66. The molecule has 0 radical (unpaired) electrons. The minimum atomic E-state index is -1.22. The quantitative estimate of drug-likeness (QED) is 0.134. The molecule has 0 saturated heterocycles. The van der Waals surface area contributed by atoms with Crippen LogP contribution in [0.25, 0.3) is 10.3 Å². The van der Waals surface area contributed by atoms with Crippen LogP contribution >= 0.6 is 46.3 Å². The molecule has 3 aromatic heterocycles. The topological polar surface area (TPSA) is 146 Å². The van der Waals surface area contributed by atoms with E-state index in [0.29, 0.717) is 22.0 Å². The van der Waals surface area contributed by atoms with Gasteiger partial charge in [0.25, 0.3) is 5.91 Å². The minimum absolute atomic E-state index is 0.00518. The number of rotatable bonds is 9. The maximum atomic E-state index is 12.9. The van der Waals surface area contributed by atoms with E-state index in [2.05, 4.69) is 30.9 Å². The fraction of sp³-hybridized carbons (Fsp3) is 0.103. The number of anilines is 2. The number of carboxylic acids is 1. The number of amides is 3. The first-order valence-electron chi connectivity index (χ1n) is 12.7. The lowest BCUT2D eigenvalue weighted by molar-refractivity contribution is -0.139. The Morgan fingerprint density at radius 3 is 2.44 bits per heavy atom. The highest BCUT2D eigenvalue weighted by atomic mass is 35.5. The van der Waals surface area contributed by atoms with Crippen LogP contribution in [0.5, 0.6) is 0 Å². The van der Waals surface area contributed by atoms with Gasteiger partial charge in [0.2, 0.25) is 0 Å². The third kappa shape index (κ3) is 7.41. The van der Waals surface area contributed by atoms with Crippen molar-refractivity contribution in [3.63, 3.8) is 0 Å². The summed E-state index contributed by atoms with van der Waals surface area (Å²) in [6, 6.07) is 11.8. The number of urea groups is 1. The van der Waals surface area contributed by atoms with Gasteiger partial charge in [-0.1, -0.05) is 59.2 Å². The van der Waals surface area contributed by atoms with Crippen molar-refractivity contribution in [2.24, 2.45) is 0 Å². The Hall–Kier alpha value is -4.23. The number of carbonyl (C=O) groups excluding carboxylic acids is 2. The molecule has 0 saturated carbocycles. The lowest BCUT2D eigenvalue weighted by Crippen LogP contribution is -2.44. The molecule has 43 heavy (non-hydrogen) atoms. The average Bonchev–Trinajstić information content (AvgIpc) is 3.34. The van der Waals surface area contributed by atoms with Crippen molar-refractivity contribution in [3.8, 4) is 0 Å². The molecule has 0 aliphatic rings. The van der Waals surface area contributed by atoms with E-state index in [1.54, 1.807) is 42.6 Å². The van der Waals surface area contributed by atoms with Crippen molar-refractivity contribution in [2.45, 2.75) is 29.3 Å². The van der Waals surface area contributed by atoms with Crippen LogP contribution < -0.4 is 16.0 Å². The lowest BCUT2D eigenvalue weighted by Gasteiger charge is -2.17. The third-order valence-electron chi connectivity index (χ3n) is 6.12. The smallest absolute Gasteiger partial charge is 0.326 e. The van der Waals surface area contributed by atoms with Gasteiger partial charge in [0.15, 0.2) is 0 Å². The van der Waals surface area contributed by atoms with Crippen LogP contribution in [0.3, 0.4) is 0 Å². The number of aliphatic carboxylic acids is 1. The van der Waals surface area contributed by atoms with Crippen molar-refractivity contribution in [1.82, 2.24) is 20.3 Å². The Bertz CT molecular complexity index is 1810. The van der Waals surface area contributed by atoms with E-state index in [-0.39, 0.29) is 22.0 Å². The molecule has 0 bridgehead atoms. The average molecular weight is 654 g/mol. The Kier molecular flexibility index (Phi) is 9.41. The predicted molar refractivity (Wildman–Crippen MR) is 169 cm³/mol. The SMILES string of the molecule is Cc1csc2nc(Sc3ccccc3NC(=O)NC(Cc3ccc(NC(=O)c4c(Cl)cncc4Cl)cc3)C(=O)O)cnc12. The number of thiophene rings is 1. The van der Waals surface area contributed by atoms with Crippen LogP contribution in [0, 0.1) is 6.92 Å². The Balaban J connectivity index is 1.21. The number of pyridine rings is 1. The first-order chi connectivity index (χ1) is 20.7.